The summed E-state index contributed by atoms with van der Waals surface area (Å²) in [6.07, 6.45) is 1.79. The van der Waals surface area contributed by atoms with E-state index in [1.54, 1.807) is 11.1 Å². The highest BCUT2D eigenvalue weighted by molar-refractivity contribution is 8.27. The fourth-order valence-corrected chi connectivity index (χ4v) is 2.86. The van der Waals surface area contributed by atoms with Crippen LogP contribution in [0.4, 0.5) is 5.69 Å². The molecule has 0 atom stereocenters. The van der Waals surface area contributed by atoms with Crippen LogP contribution in [-0.2, 0) is 4.79 Å². The molecule has 1 aromatic carbocycles. The Balaban J connectivity index is 2.33. The van der Waals surface area contributed by atoms with Crippen molar-refractivity contribution in [2.75, 3.05) is 19.0 Å². The van der Waals surface area contributed by atoms with Crippen molar-refractivity contribution in [1.82, 2.24) is 4.90 Å². The van der Waals surface area contributed by atoms with Crippen molar-refractivity contribution in [3.63, 3.8) is 0 Å². The zero-order valence-electron chi connectivity index (χ0n) is 9.58. The van der Waals surface area contributed by atoms with E-state index in [4.69, 9.17) is 12.2 Å². The summed E-state index contributed by atoms with van der Waals surface area (Å²) in [7, 11) is 3.77. The summed E-state index contributed by atoms with van der Waals surface area (Å²) in [5, 5.41) is 0. The van der Waals surface area contributed by atoms with E-state index in [-0.39, 0.29) is 5.91 Å². The minimum atomic E-state index is -0.0556. The molecule has 1 heterocycles. The lowest BCUT2D eigenvalue weighted by molar-refractivity contribution is -0.113. The predicted octanol–water partition coefficient (Wildman–Crippen LogP) is 2.45. The van der Waals surface area contributed by atoms with Crippen LogP contribution >= 0.6 is 24.0 Å². The van der Waals surface area contributed by atoms with Crippen molar-refractivity contribution < 1.29 is 4.79 Å². The molecule has 88 valence electrons. The van der Waals surface area contributed by atoms with Crippen LogP contribution in [-0.4, -0.2) is 29.2 Å². The highest BCUT2D eigenvalue weighted by Gasteiger charge is 2.33. The number of thiocarbonyl (C=S) groups is 1. The van der Waals surface area contributed by atoms with Gasteiger partial charge in [-0.15, -0.1) is 0 Å². The summed E-state index contributed by atoms with van der Waals surface area (Å²) in [6.45, 7) is 0. The molecule has 2 rings (SSSR count). The second-order valence-electron chi connectivity index (χ2n) is 3.80. The normalized spacial score (nSPS) is 18.0. The Morgan fingerprint density at radius 2 is 1.94 bits per heavy atom. The highest BCUT2D eigenvalue weighted by Crippen LogP contribution is 2.34. The van der Waals surface area contributed by atoms with E-state index in [1.807, 2.05) is 49.3 Å². The largest absolute Gasteiger partial charge is 0.382 e. The average molecular weight is 264 g/mol. The van der Waals surface area contributed by atoms with E-state index < -0.39 is 0 Å². The lowest BCUT2D eigenvalue weighted by Crippen LogP contribution is -2.27. The first-order valence-electron chi connectivity index (χ1n) is 5.09. The summed E-state index contributed by atoms with van der Waals surface area (Å²) in [4.78, 5) is 16.2. The first-order valence-corrected chi connectivity index (χ1v) is 6.31. The molecule has 0 bridgehead atoms. The minimum absolute atomic E-state index is 0.0556. The van der Waals surface area contributed by atoms with Crippen LogP contribution in [0.3, 0.4) is 0 Å². The van der Waals surface area contributed by atoms with Crippen molar-refractivity contribution >= 4 is 39.9 Å². The van der Waals surface area contributed by atoms with Crippen LogP contribution < -0.4 is 4.90 Å². The van der Waals surface area contributed by atoms with Gasteiger partial charge in [-0.05, 0) is 12.1 Å². The minimum Gasteiger partial charge on any atom is -0.382 e. The quantitative estimate of drug-likeness (QED) is 0.605. The molecule has 0 spiro atoms. The van der Waals surface area contributed by atoms with Gasteiger partial charge in [0.1, 0.15) is 0 Å². The number of hydrogen-bond donors (Lipinski definition) is 0. The number of benzene rings is 1. The molecule has 0 unspecified atom stereocenters. The first-order chi connectivity index (χ1) is 8.09. The third kappa shape index (κ3) is 2.50. The maximum absolute atomic E-state index is 12.2. The van der Waals surface area contributed by atoms with Crippen molar-refractivity contribution in [2.24, 2.45) is 0 Å². The summed E-state index contributed by atoms with van der Waals surface area (Å²) in [5.74, 6) is -0.0556. The van der Waals surface area contributed by atoms with Gasteiger partial charge in [0.05, 0.1) is 10.6 Å². The number of nitrogens with zero attached hydrogens (tertiary/aromatic N) is 2. The van der Waals surface area contributed by atoms with Gasteiger partial charge in [-0.3, -0.25) is 9.69 Å². The third-order valence-corrected chi connectivity index (χ3v) is 3.47. The van der Waals surface area contributed by atoms with Gasteiger partial charge in [0.2, 0.25) is 0 Å². The van der Waals surface area contributed by atoms with E-state index in [9.17, 15) is 4.79 Å². The van der Waals surface area contributed by atoms with Crippen LogP contribution in [0.1, 0.15) is 0 Å². The molecule has 1 aliphatic rings. The van der Waals surface area contributed by atoms with Crippen LogP contribution in [0.25, 0.3) is 0 Å². The number of hydrogen-bond acceptors (Lipinski definition) is 4. The van der Waals surface area contributed by atoms with E-state index in [1.165, 1.54) is 11.8 Å². The number of rotatable bonds is 2. The Kier molecular flexibility index (Phi) is 3.49. The van der Waals surface area contributed by atoms with Crippen molar-refractivity contribution in [3.8, 4) is 0 Å². The van der Waals surface area contributed by atoms with Gasteiger partial charge in [0, 0.05) is 20.3 Å². The second kappa shape index (κ2) is 4.89. The van der Waals surface area contributed by atoms with Crippen LogP contribution in [0.2, 0.25) is 0 Å². The zero-order chi connectivity index (χ0) is 12.4. The lowest BCUT2D eigenvalue weighted by Gasteiger charge is -2.14. The summed E-state index contributed by atoms with van der Waals surface area (Å²) >= 11 is 6.57. The molecular formula is C12H12N2OS2. The fourth-order valence-electron chi connectivity index (χ4n) is 1.49. The van der Waals surface area contributed by atoms with E-state index in [0.29, 0.717) is 9.23 Å². The Bertz CT molecular complexity index is 483. The Morgan fingerprint density at radius 3 is 2.53 bits per heavy atom. The molecule has 1 fully saturated rings. The number of anilines is 1. The van der Waals surface area contributed by atoms with E-state index in [2.05, 4.69) is 0 Å². The molecule has 5 heteroatoms. The maximum Gasteiger partial charge on any atom is 0.272 e. The standard InChI is InChI=1S/C12H12N2OS2/c1-13(2)8-10-11(15)14(12(16)17-10)9-6-4-3-5-7-9/h3-8H,1-2H3. The maximum atomic E-state index is 12.2. The molecule has 0 aromatic heterocycles. The summed E-state index contributed by atoms with van der Waals surface area (Å²) < 4.78 is 0.578. The van der Waals surface area contributed by atoms with E-state index in [0.717, 1.165) is 5.69 Å². The number of carbonyl (C=O) groups is 1. The van der Waals surface area contributed by atoms with Crippen LogP contribution in [0.5, 0.6) is 0 Å². The number of para-hydroxylation sites is 1. The van der Waals surface area contributed by atoms with Gasteiger partial charge < -0.3 is 4.90 Å². The van der Waals surface area contributed by atoms with Crippen molar-refractivity contribution in [1.29, 1.82) is 0 Å². The molecule has 0 N–H and O–H groups in total. The van der Waals surface area contributed by atoms with Crippen molar-refractivity contribution in [2.45, 2.75) is 0 Å². The number of carbonyl (C=O) groups excluding carboxylic acids is 1. The zero-order valence-corrected chi connectivity index (χ0v) is 11.2. The molecular weight excluding hydrogens is 252 g/mol. The average Bonchev–Trinajstić information content (AvgIpc) is 2.54. The number of thioether (sulfide) groups is 1. The molecule has 1 amide bonds. The summed E-state index contributed by atoms with van der Waals surface area (Å²) in [6, 6.07) is 9.45. The lowest BCUT2D eigenvalue weighted by atomic mass is 10.3. The van der Waals surface area contributed by atoms with Gasteiger partial charge in [0.25, 0.3) is 5.91 Å². The Hall–Kier alpha value is -1.33. The molecule has 0 aliphatic carbocycles. The monoisotopic (exact) mass is 264 g/mol. The summed E-state index contributed by atoms with van der Waals surface area (Å²) in [5.41, 5.74) is 0.817. The SMILES string of the molecule is CN(C)C=C1SC(=S)N(c2ccccc2)C1=O. The Labute approximate surface area is 110 Å². The second-order valence-corrected chi connectivity index (χ2v) is 5.48. The molecule has 17 heavy (non-hydrogen) atoms. The van der Waals surface area contributed by atoms with Gasteiger partial charge in [0.15, 0.2) is 4.32 Å². The molecule has 1 aliphatic heterocycles. The highest BCUT2D eigenvalue weighted by atomic mass is 32.2. The van der Waals surface area contributed by atoms with Gasteiger partial charge in [-0.1, -0.05) is 42.2 Å². The van der Waals surface area contributed by atoms with E-state index >= 15 is 0 Å². The van der Waals surface area contributed by atoms with Gasteiger partial charge in [-0.25, -0.2) is 0 Å². The number of amides is 1. The Morgan fingerprint density at radius 1 is 1.29 bits per heavy atom. The predicted molar refractivity (Wildman–Crippen MR) is 75.9 cm³/mol. The van der Waals surface area contributed by atoms with Crippen LogP contribution in [0.15, 0.2) is 41.4 Å². The first kappa shape index (κ1) is 12.1. The third-order valence-electron chi connectivity index (χ3n) is 2.18. The molecule has 3 nitrogen and oxygen atoms in total. The fraction of sp³-hybridized carbons (Fsp3) is 0.167. The molecule has 0 saturated carbocycles. The van der Waals surface area contributed by atoms with Crippen molar-refractivity contribution in [3.05, 3.63) is 41.4 Å². The molecule has 1 saturated heterocycles. The topological polar surface area (TPSA) is 23.6 Å². The molecule has 0 radical (unpaired) electrons. The van der Waals surface area contributed by atoms with Gasteiger partial charge in [-0.2, -0.15) is 0 Å². The van der Waals surface area contributed by atoms with Crippen LogP contribution in [0, 0.1) is 0 Å². The smallest absolute Gasteiger partial charge is 0.272 e. The van der Waals surface area contributed by atoms with Gasteiger partial charge >= 0.3 is 0 Å². The molecule has 1 aromatic rings.